The molecule has 0 spiro atoms. The Hall–Kier alpha value is -2.52. The first-order valence-corrected chi connectivity index (χ1v) is 12.6. The van der Waals surface area contributed by atoms with Gasteiger partial charge in [0, 0.05) is 36.6 Å². The van der Waals surface area contributed by atoms with Gasteiger partial charge in [0.2, 0.25) is 5.95 Å². The fraction of sp³-hybridized carbons (Fsp3) is 0.522. The Morgan fingerprint density at radius 3 is 2.78 bits per heavy atom. The monoisotopic (exact) mass is 455 g/mol. The lowest BCUT2D eigenvalue weighted by Gasteiger charge is -2.32. The molecule has 1 unspecified atom stereocenters. The van der Waals surface area contributed by atoms with Gasteiger partial charge < -0.3 is 19.8 Å². The van der Waals surface area contributed by atoms with Crippen LogP contribution in [0.5, 0.6) is 0 Å². The topological polar surface area (TPSA) is 104 Å². The number of benzene rings is 1. The van der Waals surface area contributed by atoms with E-state index in [9.17, 15) is 9.32 Å². The van der Waals surface area contributed by atoms with E-state index in [0.717, 1.165) is 48.3 Å². The van der Waals surface area contributed by atoms with E-state index in [2.05, 4.69) is 21.4 Å². The molecule has 1 saturated heterocycles. The first kappa shape index (κ1) is 21.3. The van der Waals surface area contributed by atoms with Crippen molar-refractivity contribution in [1.82, 2.24) is 15.1 Å². The molecule has 2 atom stereocenters. The van der Waals surface area contributed by atoms with E-state index < -0.39 is 10.8 Å². The molecular formula is C23H29N5O3S. The van der Waals surface area contributed by atoms with Gasteiger partial charge in [-0.3, -0.25) is 4.21 Å². The minimum absolute atomic E-state index is 0.00450. The predicted octanol–water partition coefficient (Wildman–Crippen LogP) is 3.09. The van der Waals surface area contributed by atoms with Crippen LogP contribution in [0.15, 0.2) is 33.7 Å². The Labute approximate surface area is 189 Å². The molecule has 0 radical (unpaired) electrons. The van der Waals surface area contributed by atoms with E-state index in [1.165, 1.54) is 0 Å². The van der Waals surface area contributed by atoms with Gasteiger partial charge in [-0.1, -0.05) is 31.1 Å². The van der Waals surface area contributed by atoms with Crippen LogP contribution in [0.3, 0.4) is 0 Å². The second-order valence-electron chi connectivity index (χ2n) is 8.95. The Balaban J connectivity index is 1.37. The van der Waals surface area contributed by atoms with Gasteiger partial charge in [-0.25, -0.2) is 4.98 Å². The summed E-state index contributed by atoms with van der Waals surface area (Å²) in [5.74, 6) is 2.42. The van der Waals surface area contributed by atoms with Crippen LogP contribution in [-0.2, 0) is 17.2 Å². The third-order valence-electron chi connectivity index (χ3n) is 6.57. The van der Waals surface area contributed by atoms with E-state index in [1.807, 2.05) is 32.0 Å². The number of nitrogens with zero attached hydrogens (tertiary/aromatic N) is 4. The van der Waals surface area contributed by atoms with Crippen molar-refractivity contribution in [3.05, 3.63) is 35.7 Å². The number of aryl methyl sites for hydroxylation is 1. The van der Waals surface area contributed by atoms with Crippen molar-refractivity contribution < 1.29 is 13.8 Å². The van der Waals surface area contributed by atoms with Crippen molar-refractivity contribution in [3.8, 4) is 0 Å². The minimum Gasteiger partial charge on any atom is -0.394 e. The smallest absolute Gasteiger partial charge is 0.227 e. The van der Waals surface area contributed by atoms with Gasteiger partial charge in [0.1, 0.15) is 10.7 Å². The van der Waals surface area contributed by atoms with E-state index in [1.54, 1.807) is 0 Å². The van der Waals surface area contributed by atoms with Crippen LogP contribution in [0, 0.1) is 5.92 Å². The summed E-state index contributed by atoms with van der Waals surface area (Å²) >= 11 is 0. The van der Waals surface area contributed by atoms with Crippen LogP contribution in [0.2, 0.25) is 0 Å². The second-order valence-corrected chi connectivity index (χ2v) is 10.5. The number of para-hydroxylation sites is 1. The molecule has 2 aliphatic rings. The first-order valence-electron chi connectivity index (χ1n) is 11.3. The minimum atomic E-state index is -1.10. The molecule has 8 nitrogen and oxygen atoms in total. The lowest BCUT2D eigenvalue weighted by atomic mass is 9.92. The Morgan fingerprint density at radius 1 is 1.25 bits per heavy atom. The Kier molecular flexibility index (Phi) is 5.86. The molecule has 0 bridgehead atoms. The zero-order valence-electron chi connectivity index (χ0n) is 18.5. The highest BCUT2D eigenvalue weighted by Crippen LogP contribution is 2.35. The summed E-state index contributed by atoms with van der Waals surface area (Å²) in [7, 11) is -1.10. The van der Waals surface area contributed by atoms with Crippen molar-refractivity contribution in [1.29, 1.82) is 0 Å². The molecule has 0 amide bonds. The van der Waals surface area contributed by atoms with Gasteiger partial charge in [-0.15, -0.1) is 0 Å². The molecule has 1 fully saturated rings. The fourth-order valence-corrected chi connectivity index (χ4v) is 5.89. The molecule has 2 aromatic heterocycles. The number of rotatable bonds is 6. The highest BCUT2D eigenvalue weighted by Gasteiger charge is 2.31. The third kappa shape index (κ3) is 3.88. The normalized spacial score (nSPS) is 20.1. The van der Waals surface area contributed by atoms with Gasteiger partial charge >= 0.3 is 0 Å². The van der Waals surface area contributed by atoms with Crippen molar-refractivity contribution in [2.45, 2.75) is 50.0 Å². The SMILES string of the molecule is CC(C)C(CO)Nc1nc(N2CCC(c3noc4ccccc34)CC2)nc2c1[S@](=O)CC2. The maximum atomic E-state index is 12.6. The second kappa shape index (κ2) is 8.78. The Bertz CT molecular complexity index is 1140. The predicted molar refractivity (Wildman–Crippen MR) is 125 cm³/mol. The average molecular weight is 456 g/mol. The number of aliphatic hydroxyl groups excluding tert-OH is 1. The maximum absolute atomic E-state index is 12.6. The number of piperidine rings is 1. The zero-order chi connectivity index (χ0) is 22.2. The molecule has 4 heterocycles. The molecule has 32 heavy (non-hydrogen) atoms. The quantitative estimate of drug-likeness (QED) is 0.584. The number of fused-ring (bicyclic) bond motifs is 2. The van der Waals surface area contributed by atoms with Crippen molar-refractivity contribution >= 4 is 33.5 Å². The molecule has 0 saturated carbocycles. The van der Waals surface area contributed by atoms with Crippen LogP contribution in [-0.4, -0.2) is 55.9 Å². The molecular weight excluding hydrogens is 426 g/mol. The largest absolute Gasteiger partial charge is 0.394 e. The van der Waals surface area contributed by atoms with Gasteiger partial charge in [0.25, 0.3) is 0 Å². The fourth-order valence-electron chi connectivity index (χ4n) is 4.57. The first-order chi connectivity index (χ1) is 15.5. The molecule has 170 valence electrons. The van der Waals surface area contributed by atoms with E-state index in [-0.39, 0.29) is 18.6 Å². The molecule has 1 aromatic carbocycles. The van der Waals surface area contributed by atoms with E-state index in [4.69, 9.17) is 14.5 Å². The molecule has 9 heteroatoms. The number of nitrogens with one attached hydrogen (secondary N) is 1. The molecule has 2 N–H and O–H groups in total. The van der Waals surface area contributed by atoms with E-state index >= 15 is 0 Å². The number of hydrogen-bond acceptors (Lipinski definition) is 8. The maximum Gasteiger partial charge on any atom is 0.227 e. The molecule has 3 aromatic rings. The highest BCUT2D eigenvalue weighted by atomic mass is 32.2. The zero-order valence-corrected chi connectivity index (χ0v) is 19.3. The van der Waals surface area contributed by atoms with Crippen LogP contribution in [0.1, 0.15) is 44.0 Å². The lowest BCUT2D eigenvalue weighted by Crippen LogP contribution is -2.35. The standard InChI is InChI=1S/C23H29N5O3S/c1-14(2)18(13-29)24-22-21-17(9-12-32(21)30)25-23(26-22)28-10-7-15(8-11-28)20-16-5-3-4-6-19(16)31-27-20/h3-6,14-15,18,29H,7-13H2,1-2H3,(H,24,25,26)/t18?,32-/m1/s1. The van der Waals surface area contributed by atoms with Crippen molar-refractivity contribution in [3.63, 3.8) is 0 Å². The summed E-state index contributed by atoms with van der Waals surface area (Å²) in [6.45, 7) is 5.73. The van der Waals surface area contributed by atoms with Crippen LogP contribution >= 0.6 is 0 Å². The van der Waals surface area contributed by atoms with Gasteiger partial charge in [0.05, 0.1) is 34.8 Å². The number of anilines is 2. The summed E-state index contributed by atoms with van der Waals surface area (Å²) in [6, 6.07) is 7.86. The summed E-state index contributed by atoms with van der Waals surface area (Å²) in [4.78, 5) is 12.5. The van der Waals surface area contributed by atoms with Crippen LogP contribution in [0.25, 0.3) is 11.0 Å². The number of aliphatic hydroxyl groups is 1. The highest BCUT2D eigenvalue weighted by molar-refractivity contribution is 7.85. The molecule has 2 aliphatic heterocycles. The summed E-state index contributed by atoms with van der Waals surface area (Å²) in [5.41, 5.74) is 2.73. The molecule has 0 aliphatic carbocycles. The van der Waals surface area contributed by atoms with Gasteiger partial charge in [-0.2, -0.15) is 4.98 Å². The van der Waals surface area contributed by atoms with Crippen molar-refractivity contribution in [2.24, 2.45) is 5.92 Å². The van der Waals surface area contributed by atoms with Gasteiger partial charge in [0.15, 0.2) is 5.58 Å². The molecule has 5 rings (SSSR count). The number of hydrogen-bond donors (Lipinski definition) is 2. The Morgan fingerprint density at radius 2 is 2.03 bits per heavy atom. The van der Waals surface area contributed by atoms with Gasteiger partial charge in [-0.05, 0) is 30.9 Å². The summed E-state index contributed by atoms with van der Waals surface area (Å²) < 4.78 is 18.1. The number of aromatic nitrogens is 3. The summed E-state index contributed by atoms with van der Waals surface area (Å²) in [6.07, 6.45) is 2.58. The van der Waals surface area contributed by atoms with E-state index in [0.29, 0.717) is 34.8 Å². The van der Waals surface area contributed by atoms with Crippen molar-refractivity contribution in [2.75, 3.05) is 35.7 Å². The summed E-state index contributed by atoms with van der Waals surface area (Å²) in [5, 5.41) is 18.6. The van der Waals surface area contributed by atoms with Crippen LogP contribution < -0.4 is 10.2 Å². The lowest BCUT2D eigenvalue weighted by molar-refractivity contribution is 0.249. The average Bonchev–Trinajstić information content (AvgIpc) is 3.41. The third-order valence-corrected chi connectivity index (χ3v) is 8.03. The van der Waals surface area contributed by atoms with Crippen LogP contribution in [0.4, 0.5) is 11.8 Å².